The zero-order valence-corrected chi connectivity index (χ0v) is 8.99. The van der Waals surface area contributed by atoms with Gasteiger partial charge in [-0.2, -0.15) is 5.26 Å². The minimum absolute atomic E-state index is 0.0725. The van der Waals surface area contributed by atoms with Crippen molar-refractivity contribution in [1.29, 1.82) is 5.26 Å². The van der Waals surface area contributed by atoms with E-state index in [9.17, 15) is 14.4 Å². The highest BCUT2D eigenvalue weighted by atomic mass is 32.2. The highest BCUT2D eigenvalue weighted by Crippen LogP contribution is 1.99. The van der Waals surface area contributed by atoms with E-state index in [1.165, 1.54) is 0 Å². The van der Waals surface area contributed by atoms with Gasteiger partial charge >= 0.3 is 11.9 Å². The van der Waals surface area contributed by atoms with E-state index >= 15 is 0 Å². The summed E-state index contributed by atoms with van der Waals surface area (Å²) in [6.45, 7) is 0. The molecule has 0 bridgehead atoms. The lowest BCUT2D eigenvalue weighted by molar-refractivity contribution is -0.147. The maximum absolute atomic E-state index is 11.1. The predicted molar refractivity (Wildman–Crippen MR) is 54.8 cm³/mol. The third-order valence-electron chi connectivity index (χ3n) is 1.41. The largest absolute Gasteiger partial charge is 0.481 e. The molecule has 0 aromatic rings. The Balaban J connectivity index is 4.09. The highest BCUT2D eigenvalue weighted by Gasteiger charge is 2.22. The Bertz CT molecular complexity index is 325. The Morgan fingerprint density at radius 3 is 2.44 bits per heavy atom. The smallest absolute Gasteiger partial charge is 0.326 e. The molecule has 3 N–H and O–H groups in total. The molecular weight excluding hydrogens is 236 g/mol. The predicted octanol–water partition coefficient (Wildman–Crippen LogP) is -0.713. The molecule has 1 atom stereocenters. The molecule has 0 rings (SSSR count). The summed E-state index contributed by atoms with van der Waals surface area (Å²) in [5.41, 5.74) is 0. The lowest BCUT2D eigenvalue weighted by Gasteiger charge is -2.11. The van der Waals surface area contributed by atoms with E-state index in [4.69, 9.17) is 15.5 Å². The molecule has 0 aromatic heterocycles. The van der Waals surface area contributed by atoms with Crippen LogP contribution in [-0.2, 0) is 14.4 Å². The minimum atomic E-state index is -1.44. The number of nitriles is 1. The Labute approximate surface area is 95.4 Å². The molecular formula is C8H10N2O5S. The van der Waals surface area contributed by atoms with Crippen LogP contribution in [0.15, 0.2) is 0 Å². The second kappa shape index (κ2) is 7.53. The zero-order valence-electron chi connectivity index (χ0n) is 8.17. The van der Waals surface area contributed by atoms with Gasteiger partial charge in [0.2, 0.25) is 5.91 Å². The first-order valence-electron chi connectivity index (χ1n) is 4.16. The van der Waals surface area contributed by atoms with Crippen LogP contribution in [0.2, 0.25) is 0 Å². The molecule has 0 aromatic carbocycles. The molecule has 0 heterocycles. The van der Waals surface area contributed by atoms with Crippen LogP contribution in [0.5, 0.6) is 0 Å². The Hall–Kier alpha value is -1.75. The monoisotopic (exact) mass is 246 g/mol. The van der Waals surface area contributed by atoms with Gasteiger partial charge in [0.1, 0.15) is 6.04 Å². The van der Waals surface area contributed by atoms with Crippen molar-refractivity contribution < 1.29 is 24.6 Å². The van der Waals surface area contributed by atoms with Gasteiger partial charge in [0.15, 0.2) is 0 Å². The van der Waals surface area contributed by atoms with E-state index in [1.807, 2.05) is 0 Å². The van der Waals surface area contributed by atoms with Crippen LogP contribution in [0.25, 0.3) is 0 Å². The molecule has 7 nitrogen and oxygen atoms in total. The first-order valence-corrected chi connectivity index (χ1v) is 5.31. The van der Waals surface area contributed by atoms with E-state index in [0.717, 1.165) is 11.8 Å². The van der Waals surface area contributed by atoms with Gasteiger partial charge in [-0.3, -0.25) is 9.59 Å². The normalized spacial score (nSPS) is 11.2. The summed E-state index contributed by atoms with van der Waals surface area (Å²) in [6.07, 6.45) is -0.677. The van der Waals surface area contributed by atoms with Crippen LogP contribution < -0.4 is 5.32 Å². The molecule has 0 spiro atoms. The number of thioether (sulfide) groups is 1. The molecule has 1 unspecified atom stereocenters. The zero-order chi connectivity index (χ0) is 12.6. The second-order valence-corrected chi connectivity index (χ2v) is 3.69. The highest BCUT2D eigenvalue weighted by molar-refractivity contribution is 8.00. The number of hydrogen-bond acceptors (Lipinski definition) is 5. The van der Waals surface area contributed by atoms with E-state index in [0.29, 0.717) is 0 Å². The second-order valence-electron chi connectivity index (χ2n) is 2.71. The summed E-state index contributed by atoms with van der Waals surface area (Å²) >= 11 is 1.02. The van der Waals surface area contributed by atoms with Crippen LogP contribution in [0.3, 0.4) is 0 Å². The molecule has 1 amide bonds. The van der Waals surface area contributed by atoms with Gasteiger partial charge in [-0.15, -0.1) is 11.8 Å². The maximum atomic E-state index is 11.1. The van der Waals surface area contributed by atoms with Gasteiger partial charge in [-0.05, 0) is 0 Å². The van der Waals surface area contributed by atoms with Gasteiger partial charge in [0.25, 0.3) is 0 Å². The topological polar surface area (TPSA) is 127 Å². The number of nitrogens with one attached hydrogen (secondary N) is 1. The van der Waals surface area contributed by atoms with Gasteiger partial charge in [-0.25, -0.2) is 4.79 Å². The molecule has 0 aliphatic rings. The van der Waals surface area contributed by atoms with Crippen molar-refractivity contribution in [3.63, 3.8) is 0 Å². The number of nitrogens with zero attached hydrogens (tertiary/aromatic N) is 1. The van der Waals surface area contributed by atoms with Crippen molar-refractivity contribution in [3.05, 3.63) is 0 Å². The summed E-state index contributed by atoms with van der Waals surface area (Å²) in [5.74, 6) is -3.27. The number of carbonyl (C=O) groups is 3. The van der Waals surface area contributed by atoms with Crippen molar-refractivity contribution in [1.82, 2.24) is 5.32 Å². The van der Waals surface area contributed by atoms with Gasteiger partial charge in [0.05, 0.1) is 24.0 Å². The van der Waals surface area contributed by atoms with Crippen LogP contribution in [0.1, 0.15) is 6.42 Å². The van der Waals surface area contributed by atoms with Crippen molar-refractivity contribution >= 4 is 29.6 Å². The molecule has 16 heavy (non-hydrogen) atoms. The first-order chi connectivity index (χ1) is 7.47. The van der Waals surface area contributed by atoms with Crippen LogP contribution in [0, 0.1) is 11.3 Å². The quantitative estimate of drug-likeness (QED) is 0.506. The van der Waals surface area contributed by atoms with Crippen LogP contribution >= 0.6 is 11.8 Å². The van der Waals surface area contributed by atoms with E-state index in [1.54, 1.807) is 6.07 Å². The van der Waals surface area contributed by atoms with Crippen molar-refractivity contribution in [3.8, 4) is 6.07 Å². The van der Waals surface area contributed by atoms with Gasteiger partial charge in [-0.1, -0.05) is 0 Å². The molecule has 0 saturated heterocycles. The minimum Gasteiger partial charge on any atom is -0.481 e. The molecule has 0 fully saturated rings. The number of carboxylic acid groups (broad SMARTS) is 2. The molecule has 0 radical (unpaired) electrons. The van der Waals surface area contributed by atoms with E-state index < -0.39 is 30.3 Å². The number of amides is 1. The Kier molecular flexibility index (Phi) is 6.71. The molecule has 0 aliphatic carbocycles. The molecule has 0 saturated carbocycles. The first kappa shape index (κ1) is 14.2. The van der Waals surface area contributed by atoms with Crippen molar-refractivity contribution in [2.24, 2.45) is 0 Å². The molecule has 88 valence electrons. The number of aliphatic carboxylic acids is 2. The summed E-state index contributed by atoms with van der Waals surface area (Å²) in [6, 6.07) is 0.367. The van der Waals surface area contributed by atoms with Crippen LogP contribution in [-0.4, -0.2) is 45.6 Å². The third-order valence-corrected chi connectivity index (χ3v) is 2.21. The standard InChI is InChI=1S/C8H10N2O5S/c9-1-2-16-4-6(11)10-5(8(14)15)3-7(12)13/h5H,2-4H2,(H,10,11)(H,12,13)(H,14,15). The summed E-state index contributed by atoms with van der Waals surface area (Å²) < 4.78 is 0. The van der Waals surface area contributed by atoms with E-state index in [-0.39, 0.29) is 11.5 Å². The Morgan fingerprint density at radius 1 is 1.38 bits per heavy atom. The number of rotatable bonds is 7. The number of carboxylic acids is 2. The molecule has 8 heteroatoms. The van der Waals surface area contributed by atoms with E-state index in [2.05, 4.69) is 5.32 Å². The van der Waals surface area contributed by atoms with Gasteiger partial charge < -0.3 is 15.5 Å². The average molecular weight is 246 g/mol. The van der Waals surface area contributed by atoms with Crippen molar-refractivity contribution in [2.75, 3.05) is 11.5 Å². The lowest BCUT2D eigenvalue weighted by Crippen LogP contribution is -2.43. The van der Waals surface area contributed by atoms with Crippen molar-refractivity contribution in [2.45, 2.75) is 12.5 Å². The average Bonchev–Trinajstić information content (AvgIpc) is 2.16. The lowest BCUT2D eigenvalue weighted by atomic mass is 10.2. The fourth-order valence-electron chi connectivity index (χ4n) is 0.800. The number of hydrogen-bond donors (Lipinski definition) is 3. The number of carbonyl (C=O) groups excluding carboxylic acids is 1. The summed E-state index contributed by atoms with van der Waals surface area (Å²) in [7, 11) is 0. The fourth-order valence-corrected chi connectivity index (χ4v) is 1.26. The Morgan fingerprint density at radius 2 is 2.00 bits per heavy atom. The van der Waals surface area contributed by atoms with Crippen LogP contribution in [0.4, 0.5) is 0 Å². The molecule has 0 aliphatic heterocycles. The maximum Gasteiger partial charge on any atom is 0.326 e. The third kappa shape index (κ3) is 6.67. The fraction of sp³-hybridized carbons (Fsp3) is 0.500. The SMILES string of the molecule is N#CCSCC(=O)NC(CC(=O)O)C(=O)O. The summed E-state index contributed by atoms with van der Waals surface area (Å²) in [5, 5.41) is 27.3. The van der Waals surface area contributed by atoms with Gasteiger partial charge in [0, 0.05) is 0 Å². The summed E-state index contributed by atoms with van der Waals surface area (Å²) in [4.78, 5) is 32.0.